The number of hydrogen-bond donors (Lipinski definition) is 1. The van der Waals surface area contributed by atoms with Crippen molar-refractivity contribution in [2.45, 2.75) is 32.4 Å². The van der Waals surface area contributed by atoms with Gasteiger partial charge in [-0.2, -0.15) is 5.10 Å². The third-order valence-electron chi connectivity index (χ3n) is 3.14. The quantitative estimate of drug-likeness (QED) is 0.869. The van der Waals surface area contributed by atoms with E-state index in [0.717, 1.165) is 30.9 Å². The third kappa shape index (κ3) is 2.01. The van der Waals surface area contributed by atoms with Gasteiger partial charge in [-0.1, -0.05) is 4.49 Å². The minimum Gasteiger partial charge on any atom is -0.348 e. The van der Waals surface area contributed by atoms with Gasteiger partial charge in [0.15, 0.2) is 0 Å². The lowest BCUT2D eigenvalue weighted by molar-refractivity contribution is 0.0933. The molecule has 0 bridgehead atoms. The fraction of sp³-hybridized carbons (Fsp3) is 0.455. The lowest BCUT2D eigenvalue weighted by atomic mass is 10.0. The average Bonchev–Trinajstić information content (AvgIpc) is 2.96. The molecule has 0 fully saturated rings. The Balaban J connectivity index is 1.68. The molecule has 18 heavy (non-hydrogen) atoms. The molecule has 0 unspecified atom stereocenters. The summed E-state index contributed by atoms with van der Waals surface area (Å²) in [7, 11) is 0. The van der Waals surface area contributed by atoms with Gasteiger partial charge in [-0.15, -0.1) is 5.10 Å². The minimum atomic E-state index is -0.0690. The molecule has 0 aromatic carbocycles. The molecular formula is C11H13N5OS. The van der Waals surface area contributed by atoms with Gasteiger partial charge in [0, 0.05) is 30.9 Å². The van der Waals surface area contributed by atoms with Crippen molar-refractivity contribution in [3.63, 3.8) is 0 Å². The van der Waals surface area contributed by atoms with Crippen molar-refractivity contribution in [3.05, 3.63) is 28.5 Å². The molecule has 1 atom stereocenters. The van der Waals surface area contributed by atoms with Gasteiger partial charge in [0.2, 0.25) is 0 Å². The number of amides is 1. The monoisotopic (exact) mass is 263 g/mol. The predicted octanol–water partition coefficient (Wildman–Crippen LogP) is 0.788. The van der Waals surface area contributed by atoms with Gasteiger partial charge >= 0.3 is 0 Å². The molecule has 94 valence electrons. The molecule has 2 aromatic heterocycles. The first-order valence-electron chi connectivity index (χ1n) is 5.84. The molecule has 0 saturated carbocycles. The molecule has 6 nitrogen and oxygen atoms in total. The van der Waals surface area contributed by atoms with Crippen molar-refractivity contribution in [1.82, 2.24) is 24.7 Å². The van der Waals surface area contributed by atoms with Gasteiger partial charge in [0.25, 0.3) is 5.91 Å². The highest BCUT2D eigenvalue weighted by molar-refractivity contribution is 7.08. The van der Waals surface area contributed by atoms with Crippen molar-refractivity contribution in [3.8, 4) is 0 Å². The number of carbonyl (C=O) groups excluding carboxylic acids is 1. The van der Waals surface area contributed by atoms with Crippen LogP contribution in [0.25, 0.3) is 0 Å². The van der Waals surface area contributed by atoms with E-state index in [1.54, 1.807) is 13.1 Å². The molecule has 0 spiro atoms. The van der Waals surface area contributed by atoms with Gasteiger partial charge in [-0.3, -0.25) is 9.48 Å². The van der Waals surface area contributed by atoms with Crippen molar-refractivity contribution >= 4 is 17.4 Å². The number of aromatic nitrogens is 4. The van der Waals surface area contributed by atoms with Crippen molar-refractivity contribution in [2.75, 3.05) is 0 Å². The highest BCUT2D eigenvalue weighted by atomic mass is 32.1. The van der Waals surface area contributed by atoms with E-state index in [1.165, 1.54) is 5.69 Å². The van der Waals surface area contributed by atoms with E-state index in [9.17, 15) is 4.79 Å². The van der Waals surface area contributed by atoms with E-state index in [1.807, 2.05) is 10.7 Å². The van der Waals surface area contributed by atoms with Gasteiger partial charge in [-0.05, 0) is 30.9 Å². The molecule has 0 radical (unpaired) electrons. The molecule has 1 aliphatic rings. The number of rotatable bonds is 2. The molecule has 2 aromatic rings. The maximum Gasteiger partial charge on any atom is 0.265 e. The molecule has 1 N–H and O–H groups in total. The lowest BCUT2D eigenvalue weighted by Gasteiger charge is -2.23. The van der Waals surface area contributed by atoms with Crippen LogP contribution in [0.3, 0.4) is 0 Å². The van der Waals surface area contributed by atoms with Crippen molar-refractivity contribution < 1.29 is 4.79 Å². The molecule has 3 heterocycles. The van der Waals surface area contributed by atoms with Crippen LogP contribution in [0.4, 0.5) is 0 Å². The molecular weight excluding hydrogens is 250 g/mol. The number of nitrogens with one attached hydrogen (secondary N) is 1. The predicted molar refractivity (Wildman–Crippen MR) is 66.4 cm³/mol. The fourth-order valence-corrected chi connectivity index (χ4v) is 2.74. The molecule has 0 aliphatic carbocycles. The summed E-state index contributed by atoms with van der Waals surface area (Å²) in [4.78, 5) is 12.6. The van der Waals surface area contributed by atoms with E-state index in [2.05, 4.69) is 20.0 Å². The smallest absolute Gasteiger partial charge is 0.265 e. The summed E-state index contributed by atoms with van der Waals surface area (Å²) in [5.74, 6) is -0.0690. The van der Waals surface area contributed by atoms with E-state index in [0.29, 0.717) is 10.6 Å². The summed E-state index contributed by atoms with van der Waals surface area (Å²) < 4.78 is 5.77. The molecule has 1 aliphatic heterocycles. The van der Waals surface area contributed by atoms with Crippen molar-refractivity contribution in [2.24, 2.45) is 0 Å². The zero-order valence-corrected chi connectivity index (χ0v) is 10.8. The van der Waals surface area contributed by atoms with Crippen LogP contribution in [0.2, 0.25) is 0 Å². The van der Waals surface area contributed by atoms with Crippen LogP contribution in [-0.4, -0.2) is 31.3 Å². The zero-order valence-electron chi connectivity index (χ0n) is 9.96. The van der Waals surface area contributed by atoms with E-state index in [-0.39, 0.29) is 11.9 Å². The van der Waals surface area contributed by atoms with Crippen LogP contribution >= 0.6 is 11.5 Å². The van der Waals surface area contributed by atoms with Crippen LogP contribution < -0.4 is 5.32 Å². The van der Waals surface area contributed by atoms with Crippen LogP contribution in [0.5, 0.6) is 0 Å². The Kier molecular flexibility index (Phi) is 2.83. The summed E-state index contributed by atoms with van der Waals surface area (Å²) in [6.07, 6.45) is 3.54. The number of fused-ring (bicyclic) bond motifs is 1. The number of nitrogens with zero attached hydrogens (tertiary/aromatic N) is 4. The van der Waals surface area contributed by atoms with Gasteiger partial charge in [-0.25, -0.2) is 0 Å². The largest absolute Gasteiger partial charge is 0.348 e. The summed E-state index contributed by atoms with van der Waals surface area (Å²) >= 11 is 1.14. The van der Waals surface area contributed by atoms with Crippen LogP contribution in [0.15, 0.2) is 12.3 Å². The summed E-state index contributed by atoms with van der Waals surface area (Å²) in [6, 6.07) is 2.17. The van der Waals surface area contributed by atoms with E-state index < -0.39 is 0 Å². The average molecular weight is 263 g/mol. The van der Waals surface area contributed by atoms with Gasteiger partial charge < -0.3 is 5.32 Å². The second-order valence-electron chi connectivity index (χ2n) is 4.40. The van der Waals surface area contributed by atoms with Crippen LogP contribution in [0, 0.1) is 6.92 Å². The Morgan fingerprint density at radius 3 is 3.28 bits per heavy atom. The highest BCUT2D eigenvalue weighted by Crippen LogP contribution is 2.15. The maximum atomic E-state index is 12.0. The fourth-order valence-electron chi connectivity index (χ4n) is 2.18. The number of carbonyl (C=O) groups is 1. The minimum absolute atomic E-state index is 0.0690. The molecule has 7 heteroatoms. The first-order chi connectivity index (χ1) is 8.74. The summed E-state index contributed by atoms with van der Waals surface area (Å²) in [5.41, 5.74) is 1.86. The second-order valence-corrected chi connectivity index (χ2v) is 5.15. The van der Waals surface area contributed by atoms with Crippen LogP contribution in [0.1, 0.15) is 27.5 Å². The summed E-state index contributed by atoms with van der Waals surface area (Å²) in [5, 5.41) is 11.1. The Morgan fingerprint density at radius 2 is 2.50 bits per heavy atom. The van der Waals surface area contributed by atoms with E-state index in [4.69, 9.17) is 0 Å². The molecule has 3 rings (SSSR count). The third-order valence-corrected chi connectivity index (χ3v) is 3.97. The standard InChI is InChI=1S/C11H13N5OS/c1-7-10(18-15-14-7)11(17)13-8-3-5-16-9(6-8)2-4-12-16/h2,4,8H,3,5-6H2,1H3,(H,13,17)/t8-/m0/s1. The molecule has 1 amide bonds. The normalized spacial score (nSPS) is 18.4. The second kappa shape index (κ2) is 4.49. The highest BCUT2D eigenvalue weighted by Gasteiger charge is 2.22. The summed E-state index contributed by atoms with van der Waals surface area (Å²) in [6.45, 7) is 2.65. The Bertz CT molecular complexity index is 576. The first-order valence-corrected chi connectivity index (χ1v) is 6.62. The maximum absolute atomic E-state index is 12.0. The van der Waals surface area contributed by atoms with Gasteiger partial charge in [0.05, 0.1) is 5.69 Å². The SMILES string of the molecule is Cc1nnsc1C(=O)N[C@H]1CCn2nccc2C1. The van der Waals surface area contributed by atoms with Crippen LogP contribution in [-0.2, 0) is 13.0 Å². The van der Waals surface area contributed by atoms with E-state index >= 15 is 0 Å². The molecule has 0 saturated heterocycles. The first kappa shape index (κ1) is 11.3. The lowest BCUT2D eigenvalue weighted by Crippen LogP contribution is -2.40. The topological polar surface area (TPSA) is 72.7 Å². The Labute approximate surface area is 108 Å². The Morgan fingerprint density at radius 1 is 1.61 bits per heavy atom. The number of aryl methyl sites for hydroxylation is 2. The Hall–Kier alpha value is -1.76. The zero-order chi connectivity index (χ0) is 12.5. The van der Waals surface area contributed by atoms with Crippen molar-refractivity contribution in [1.29, 1.82) is 0 Å². The number of hydrogen-bond acceptors (Lipinski definition) is 5. The van der Waals surface area contributed by atoms with Gasteiger partial charge in [0.1, 0.15) is 4.88 Å².